The van der Waals surface area contributed by atoms with Crippen LogP contribution in [-0.4, -0.2) is 34.9 Å². The Morgan fingerprint density at radius 1 is 1.27 bits per heavy atom. The minimum Gasteiger partial charge on any atom is -0.274 e. The number of unbranched alkanes of at least 4 members (excludes halogenated alkanes) is 2. The summed E-state index contributed by atoms with van der Waals surface area (Å²) in [6.07, 6.45) is 2.93. The van der Waals surface area contributed by atoms with Crippen LogP contribution in [0.1, 0.15) is 36.7 Å². The highest BCUT2D eigenvalue weighted by Gasteiger charge is 2.19. The van der Waals surface area contributed by atoms with E-state index >= 15 is 0 Å². The summed E-state index contributed by atoms with van der Waals surface area (Å²) in [5.41, 5.74) is 0.0689. The molecule has 0 saturated heterocycles. The third-order valence-electron chi connectivity index (χ3n) is 3.60. The van der Waals surface area contributed by atoms with Crippen LogP contribution in [0.25, 0.3) is 10.8 Å². The van der Waals surface area contributed by atoms with Crippen LogP contribution >= 0.6 is 0 Å². The van der Waals surface area contributed by atoms with Crippen molar-refractivity contribution in [3.05, 3.63) is 40.3 Å². The number of hydrogen-bond acceptors (Lipinski definition) is 4. The van der Waals surface area contributed by atoms with Gasteiger partial charge in [-0.1, -0.05) is 38.0 Å². The number of carbonyl (C=O) groups excluding carboxylic acids is 1. The lowest BCUT2D eigenvalue weighted by Crippen LogP contribution is -2.31. The van der Waals surface area contributed by atoms with Gasteiger partial charge in [0.25, 0.3) is 11.5 Å². The molecule has 0 bridgehead atoms. The van der Waals surface area contributed by atoms with Gasteiger partial charge in [-0.05, 0) is 12.5 Å². The number of hydrogen-bond donors (Lipinski definition) is 0. The highest BCUT2D eigenvalue weighted by molar-refractivity contribution is 6.04. The van der Waals surface area contributed by atoms with Crippen molar-refractivity contribution in [1.82, 2.24) is 14.8 Å². The van der Waals surface area contributed by atoms with Gasteiger partial charge in [0.15, 0.2) is 5.69 Å². The van der Waals surface area contributed by atoms with E-state index in [1.54, 1.807) is 24.3 Å². The Balaban J connectivity index is 2.56. The lowest BCUT2D eigenvalue weighted by atomic mass is 10.1. The maximum Gasteiger partial charge on any atom is 0.298 e. The molecule has 1 heterocycles. The van der Waals surface area contributed by atoms with E-state index in [4.69, 9.17) is 4.84 Å². The quantitative estimate of drug-likeness (QED) is 0.606. The fourth-order valence-corrected chi connectivity index (χ4v) is 2.29. The highest BCUT2D eigenvalue weighted by Crippen LogP contribution is 2.15. The molecule has 0 aliphatic heterocycles. The second-order valence-electron chi connectivity index (χ2n) is 5.11. The van der Waals surface area contributed by atoms with E-state index in [2.05, 4.69) is 12.0 Å². The third kappa shape index (κ3) is 3.17. The summed E-state index contributed by atoms with van der Waals surface area (Å²) in [6.45, 7) is 2.60. The summed E-state index contributed by atoms with van der Waals surface area (Å²) in [6, 6.07) is 7.03. The first kappa shape index (κ1) is 16.2. The van der Waals surface area contributed by atoms with Gasteiger partial charge in [0.2, 0.25) is 0 Å². The molecule has 0 spiro atoms. The van der Waals surface area contributed by atoms with E-state index in [1.807, 2.05) is 0 Å². The number of aryl methyl sites for hydroxylation is 1. The first-order valence-electron chi connectivity index (χ1n) is 7.42. The number of benzene rings is 1. The zero-order chi connectivity index (χ0) is 16.1. The molecule has 22 heavy (non-hydrogen) atoms. The van der Waals surface area contributed by atoms with Crippen molar-refractivity contribution in [3.8, 4) is 0 Å². The molecule has 2 rings (SSSR count). The van der Waals surface area contributed by atoms with Crippen molar-refractivity contribution in [2.24, 2.45) is 0 Å². The van der Waals surface area contributed by atoms with E-state index in [9.17, 15) is 9.59 Å². The SMILES string of the molecule is CCCCCn1nc(C(=O)N(C)OC)c2ccccc2c1=O. The number of amides is 1. The Morgan fingerprint density at radius 3 is 2.59 bits per heavy atom. The molecule has 0 unspecified atom stereocenters. The minimum absolute atomic E-state index is 0.164. The summed E-state index contributed by atoms with van der Waals surface area (Å²) in [7, 11) is 2.93. The van der Waals surface area contributed by atoms with Gasteiger partial charge >= 0.3 is 0 Å². The summed E-state index contributed by atoms with van der Waals surface area (Å²) >= 11 is 0. The van der Waals surface area contributed by atoms with Crippen molar-refractivity contribution in [1.29, 1.82) is 0 Å². The van der Waals surface area contributed by atoms with Gasteiger partial charge in [0.05, 0.1) is 12.5 Å². The van der Waals surface area contributed by atoms with Crippen LogP contribution in [0.4, 0.5) is 0 Å². The fraction of sp³-hybridized carbons (Fsp3) is 0.438. The van der Waals surface area contributed by atoms with E-state index in [1.165, 1.54) is 18.8 Å². The molecule has 0 aliphatic carbocycles. The van der Waals surface area contributed by atoms with Gasteiger partial charge in [-0.25, -0.2) is 9.75 Å². The van der Waals surface area contributed by atoms with Crippen LogP contribution in [0.3, 0.4) is 0 Å². The number of carbonyl (C=O) groups is 1. The zero-order valence-corrected chi connectivity index (χ0v) is 13.2. The Labute approximate surface area is 129 Å². The van der Waals surface area contributed by atoms with Crippen LogP contribution < -0.4 is 5.56 Å². The van der Waals surface area contributed by atoms with Crippen LogP contribution in [-0.2, 0) is 11.4 Å². The molecule has 0 aliphatic rings. The number of fused-ring (bicyclic) bond motifs is 1. The van der Waals surface area contributed by atoms with E-state index in [-0.39, 0.29) is 17.2 Å². The summed E-state index contributed by atoms with van der Waals surface area (Å²) in [5, 5.41) is 6.43. The van der Waals surface area contributed by atoms with E-state index < -0.39 is 0 Å². The molecule has 0 N–H and O–H groups in total. The Bertz CT molecular complexity index is 724. The molecular formula is C16H21N3O3. The van der Waals surface area contributed by atoms with Crippen molar-refractivity contribution in [2.45, 2.75) is 32.7 Å². The second-order valence-corrected chi connectivity index (χ2v) is 5.11. The van der Waals surface area contributed by atoms with Crippen molar-refractivity contribution in [2.75, 3.05) is 14.2 Å². The number of hydroxylamine groups is 2. The highest BCUT2D eigenvalue weighted by atomic mass is 16.7. The van der Waals surface area contributed by atoms with Crippen LogP contribution in [0, 0.1) is 0 Å². The third-order valence-corrected chi connectivity index (χ3v) is 3.60. The zero-order valence-electron chi connectivity index (χ0n) is 13.2. The molecule has 1 aromatic heterocycles. The lowest BCUT2D eigenvalue weighted by Gasteiger charge is -2.15. The predicted molar refractivity (Wildman–Crippen MR) is 84.6 cm³/mol. The molecule has 2 aromatic rings. The van der Waals surface area contributed by atoms with Crippen LogP contribution in [0.5, 0.6) is 0 Å². The van der Waals surface area contributed by atoms with Crippen LogP contribution in [0.2, 0.25) is 0 Å². The minimum atomic E-state index is -0.372. The molecule has 1 amide bonds. The van der Waals surface area contributed by atoms with Gasteiger partial charge in [0.1, 0.15) is 0 Å². The number of rotatable bonds is 6. The summed E-state index contributed by atoms with van der Waals surface area (Å²) in [4.78, 5) is 29.8. The van der Waals surface area contributed by atoms with Crippen molar-refractivity contribution in [3.63, 3.8) is 0 Å². The standard InChI is InChI=1S/C16H21N3O3/c1-4-5-8-11-19-15(20)13-10-7-6-9-12(13)14(17-19)16(21)18(2)22-3/h6-7,9-10H,4-5,8,11H2,1-3H3. The summed E-state index contributed by atoms with van der Waals surface area (Å²) in [5.74, 6) is -0.372. The van der Waals surface area contributed by atoms with E-state index in [0.29, 0.717) is 17.3 Å². The monoisotopic (exact) mass is 303 g/mol. The van der Waals surface area contributed by atoms with Gasteiger partial charge in [-0.15, -0.1) is 0 Å². The maximum absolute atomic E-state index is 12.5. The molecule has 0 radical (unpaired) electrons. The Morgan fingerprint density at radius 2 is 1.95 bits per heavy atom. The largest absolute Gasteiger partial charge is 0.298 e. The maximum atomic E-state index is 12.5. The average Bonchev–Trinajstić information content (AvgIpc) is 2.56. The molecule has 1 aromatic carbocycles. The predicted octanol–water partition coefficient (Wildman–Crippen LogP) is 2.22. The van der Waals surface area contributed by atoms with Crippen molar-refractivity contribution >= 4 is 16.7 Å². The summed E-state index contributed by atoms with van der Waals surface area (Å²) < 4.78 is 1.38. The molecule has 6 heteroatoms. The Hall–Kier alpha value is -2.21. The van der Waals surface area contributed by atoms with Gasteiger partial charge in [0, 0.05) is 19.0 Å². The van der Waals surface area contributed by atoms with Crippen LogP contribution in [0.15, 0.2) is 29.1 Å². The molecule has 0 atom stereocenters. The van der Waals surface area contributed by atoms with Gasteiger partial charge in [-0.3, -0.25) is 14.4 Å². The molecule has 6 nitrogen and oxygen atoms in total. The fourth-order valence-electron chi connectivity index (χ4n) is 2.29. The van der Waals surface area contributed by atoms with E-state index in [0.717, 1.165) is 24.3 Å². The number of nitrogens with zero attached hydrogens (tertiary/aromatic N) is 3. The second kappa shape index (κ2) is 7.17. The number of aromatic nitrogens is 2. The molecule has 0 saturated carbocycles. The van der Waals surface area contributed by atoms with Gasteiger partial charge < -0.3 is 0 Å². The Kier molecular flexibility index (Phi) is 5.27. The first-order valence-corrected chi connectivity index (χ1v) is 7.42. The molecule has 118 valence electrons. The topological polar surface area (TPSA) is 64.4 Å². The molecule has 0 fully saturated rings. The normalized spacial score (nSPS) is 10.9. The van der Waals surface area contributed by atoms with Crippen molar-refractivity contribution < 1.29 is 9.63 Å². The molecular weight excluding hydrogens is 282 g/mol. The smallest absolute Gasteiger partial charge is 0.274 e. The lowest BCUT2D eigenvalue weighted by molar-refractivity contribution is -0.0760. The average molecular weight is 303 g/mol. The first-order chi connectivity index (χ1) is 10.6. The van der Waals surface area contributed by atoms with Gasteiger partial charge in [-0.2, -0.15) is 5.10 Å².